The summed E-state index contributed by atoms with van der Waals surface area (Å²) in [5, 5.41) is 17.7. The molecule has 0 radical (unpaired) electrons. The van der Waals surface area contributed by atoms with Crippen LogP contribution < -0.4 is 0 Å². The molecule has 1 aliphatic rings. The van der Waals surface area contributed by atoms with Crippen LogP contribution in [-0.4, -0.2) is 44.0 Å². The van der Waals surface area contributed by atoms with E-state index in [1.807, 2.05) is 0 Å². The summed E-state index contributed by atoms with van der Waals surface area (Å²) in [5.41, 5.74) is -3.32. The average Bonchev–Trinajstić information content (AvgIpc) is 3.28. The van der Waals surface area contributed by atoms with E-state index >= 15 is 0 Å². The summed E-state index contributed by atoms with van der Waals surface area (Å²) in [6.45, 7) is 1.10. The van der Waals surface area contributed by atoms with Crippen LogP contribution >= 0.6 is 0 Å². The maximum absolute atomic E-state index is 13.2. The highest BCUT2D eigenvalue weighted by atomic mass is 19.4. The first-order chi connectivity index (χ1) is 15.9. The smallest absolute Gasteiger partial charge is 0.416 e. The van der Waals surface area contributed by atoms with Gasteiger partial charge in [0.15, 0.2) is 0 Å². The SMILES string of the molecule is O=C(c1cc(-n2cc(-c3cc(C(F)(F)F)cc(C(F)(F)F)c3)nn2)ccc1O)N1CCCCC1. The fraction of sp³-hybridized carbons (Fsp3) is 0.318. The lowest BCUT2D eigenvalue weighted by atomic mass is 10.0. The second-order valence-electron chi connectivity index (χ2n) is 7.90. The van der Waals surface area contributed by atoms with Crippen molar-refractivity contribution >= 4 is 5.91 Å². The highest BCUT2D eigenvalue weighted by Crippen LogP contribution is 2.38. The van der Waals surface area contributed by atoms with Crippen LogP contribution in [0.15, 0.2) is 42.6 Å². The predicted molar refractivity (Wildman–Crippen MR) is 108 cm³/mol. The van der Waals surface area contributed by atoms with Crippen LogP contribution in [0.2, 0.25) is 0 Å². The number of phenols is 1. The van der Waals surface area contributed by atoms with E-state index in [-0.39, 0.29) is 34.7 Å². The molecule has 0 aliphatic carbocycles. The molecule has 0 spiro atoms. The van der Waals surface area contributed by atoms with E-state index in [0.29, 0.717) is 25.2 Å². The minimum absolute atomic E-state index is 0.00914. The Morgan fingerprint density at radius 3 is 2.09 bits per heavy atom. The summed E-state index contributed by atoms with van der Waals surface area (Å²) in [7, 11) is 0. The third-order valence-corrected chi connectivity index (χ3v) is 5.50. The van der Waals surface area contributed by atoms with E-state index in [9.17, 15) is 36.2 Å². The lowest BCUT2D eigenvalue weighted by Crippen LogP contribution is -2.35. The molecule has 1 fully saturated rings. The number of aromatic nitrogens is 3. The zero-order chi connectivity index (χ0) is 24.7. The summed E-state index contributed by atoms with van der Waals surface area (Å²) < 4.78 is 80.1. The highest BCUT2D eigenvalue weighted by Gasteiger charge is 2.37. The second-order valence-corrected chi connectivity index (χ2v) is 7.90. The topological polar surface area (TPSA) is 71.2 Å². The Labute approximate surface area is 189 Å². The molecule has 0 unspecified atom stereocenters. The molecule has 1 N–H and O–H groups in total. The van der Waals surface area contributed by atoms with E-state index in [1.54, 1.807) is 4.90 Å². The average molecular weight is 484 g/mol. The van der Waals surface area contributed by atoms with Gasteiger partial charge in [0.25, 0.3) is 5.91 Å². The molecule has 1 saturated heterocycles. The Bertz CT molecular complexity index is 1180. The van der Waals surface area contributed by atoms with Crippen LogP contribution in [0.1, 0.15) is 40.7 Å². The molecule has 0 bridgehead atoms. The van der Waals surface area contributed by atoms with Crippen molar-refractivity contribution in [1.29, 1.82) is 0 Å². The number of halogens is 6. The molecule has 34 heavy (non-hydrogen) atoms. The third kappa shape index (κ3) is 4.85. The highest BCUT2D eigenvalue weighted by molar-refractivity contribution is 5.97. The Balaban J connectivity index is 1.70. The van der Waals surface area contributed by atoms with Gasteiger partial charge in [-0.05, 0) is 55.7 Å². The van der Waals surface area contributed by atoms with Gasteiger partial charge in [-0.15, -0.1) is 5.10 Å². The van der Waals surface area contributed by atoms with Crippen LogP contribution in [-0.2, 0) is 12.4 Å². The summed E-state index contributed by atoms with van der Waals surface area (Å²) in [6, 6.07) is 5.16. The Hall–Kier alpha value is -3.57. The van der Waals surface area contributed by atoms with Gasteiger partial charge in [0, 0.05) is 18.7 Å². The largest absolute Gasteiger partial charge is 0.507 e. The Morgan fingerprint density at radius 1 is 0.882 bits per heavy atom. The summed E-state index contributed by atoms with van der Waals surface area (Å²) >= 11 is 0. The van der Waals surface area contributed by atoms with Gasteiger partial charge >= 0.3 is 12.4 Å². The van der Waals surface area contributed by atoms with Gasteiger partial charge in [-0.3, -0.25) is 4.79 Å². The van der Waals surface area contributed by atoms with Gasteiger partial charge in [0.2, 0.25) is 0 Å². The van der Waals surface area contributed by atoms with Crippen molar-refractivity contribution in [3.8, 4) is 22.7 Å². The van der Waals surface area contributed by atoms with E-state index in [0.717, 1.165) is 30.1 Å². The number of aromatic hydroxyl groups is 1. The lowest BCUT2D eigenvalue weighted by molar-refractivity contribution is -0.143. The van der Waals surface area contributed by atoms with Crippen molar-refractivity contribution in [2.24, 2.45) is 0 Å². The Kier molecular flexibility index (Phi) is 6.00. The monoisotopic (exact) mass is 484 g/mol. The fourth-order valence-corrected chi connectivity index (χ4v) is 3.73. The van der Waals surface area contributed by atoms with E-state index in [1.165, 1.54) is 18.2 Å². The molecule has 2 heterocycles. The van der Waals surface area contributed by atoms with Gasteiger partial charge in [0.05, 0.1) is 28.6 Å². The minimum Gasteiger partial charge on any atom is -0.507 e. The van der Waals surface area contributed by atoms with Gasteiger partial charge in [0.1, 0.15) is 11.4 Å². The van der Waals surface area contributed by atoms with Crippen molar-refractivity contribution in [3.05, 3.63) is 59.3 Å². The van der Waals surface area contributed by atoms with Crippen molar-refractivity contribution in [2.75, 3.05) is 13.1 Å². The minimum atomic E-state index is -4.99. The molecular formula is C22H18F6N4O2. The number of piperidine rings is 1. The maximum atomic E-state index is 13.2. The molecule has 12 heteroatoms. The molecule has 2 aromatic carbocycles. The number of carbonyl (C=O) groups excluding carboxylic acids is 1. The van der Waals surface area contributed by atoms with Crippen LogP contribution in [0.3, 0.4) is 0 Å². The number of phenolic OH excluding ortho intramolecular Hbond substituents is 1. The molecule has 180 valence electrons. The molecule has 1 aliphatic heterocycles. The Morgan fingerprint density at radius 2 is 1.50 bits per heavy atom. The van der Waals surface area contributed by atoms with Crippen LogP contribution in [0.4, 0.5) is 26.3 Å². The number of nitrogens with zero attached hydrogens (tertiary/aromatic N) is 4. The maximum Gasteiger partial charge on any atom is 0.416 e. The van der Waals surface area contributed by atoms with E-state index in [2.05, 4.69) is 10.3 Å². The molecule has 0 atom stereocenters. The lowest BCUT2D eigenvalue weighted by Gasteiger charge is -2.27. The van der Waals surface area contributed by atoms with E-state index < -0.39 is 29.0 Å². The predicted octanol–water partition coefficient (Wildman–Crippen LogP) is 5.30. The molecule has 3 aromatic rings. The first kappa shape index (κ1) is 23.6. The number of hydrogen-bond acceptors (Lipinski definition) is 4. The molecule has 1 aromatic heterocycles. The van der Waals surface area contributed by atoms with Crippen molar-refractivity contribution in [2.45, 2.75) is 31.6 Å². The molecule has 0 saturated carbocycles. The number of alkyl halides is 6. The third-order valence-electron chi connectivity index (χ3n) is 5.50. The fourth-order valence-electron chi connectivity index (χ4n) is 3.73. The number of hydrogen-bond donors (Lipinski definition) is 1. The van der Waals surface area contributed by atoms with Gasteiger partial charge in [-0.25, -0.2) is 4.68 Å². The molecule has 4 rings (SSSR count). The first-order valence-corrected chi connectivity index (χ1v) is 10.3. The number of amides is 1. The summed E-state index contributed by atoms with van der Waals surface area (Å²) in [6.07, 6.45) is -6.15. The van der Waals surface area contributed by atoms with Gasteiger partial charge in [-0.2, -0.15) is 26.3 Å². The quantitative estimate of drug-likeness (QED) is 0.512. The molecule has 1 amide bonds. The molecular weight excluding hydrogens is 466 g/mol. The van der Waals surface area contributed by atoms with Crippen LogP contribution in [0.25, 0.3) is 16.9 Å². The van der Waals surface area contributed by atoms with Gasteiger partial charge in [-0.1, -0.05) is 5.21 Å². The second kappa shape index (κ2) is 8.65. The normalized spacial score (nSPS) is 14.9. The number of likely N-dealkylation sites (tertiary alicyclic amines) is 1. The van der Waals surface area contributed by atoms with Crippen molar-refractivity contribution in [3.63, 3.8) is 0 Å². The van der Waals surface area contributed by atoms with Crippen LogP contribution in [0, 0.1) is 0 Å². The first-order valence-electron chi connectivity index (χ1n) is 10.3. The van der Waals surface area contributed by atoms with Crippen LogP contribution in [0.5, 0.6) is 5.75 Å². The number of rotatable bonds is 3. The zero-order valence-corrected chi connectivity index (χ0v) is 17.5. The number of carbonyl (C=O) groups is 1. The van der Waals surface area contributed by atoms with Gasteiger partial charge < -0.3 is 10.0 Å². The van der Waals surface area contributed by atoms with Crippen molar-refractivity contribution in [1.82, 2.24) is 19.9 Å². The summed E-state index contributed by atoms with van der Waals surface area (Å²) in [4.78, 5) is 14.4. The van der Waals surface area contributed by atoms with Crippen molar-refractivity contribution < 1.29 is 36.2 Å². The molecule has 6 nitrogen and oxygen atoms in total. The van der Waals surface area contributed by atoms with E-state index in [4.69, 9.17) is 0 Å². The zero-order valence-electron chi connectivity index (χ0n) is 17.5. The number of benzene rings is 2. The standard InChI is InChI=1S/C22H18F6N4O2/c23-21(24,25)14-8-13(9-15(10-14)22(26,27)28)18-12-32(30-29-18)16-4-5-19(33)17(11-16)20(34)31-6-2-1-3-7-31/h4-5,8-12,33H,1-3,6-7H2. The summed E-state index contributed by atoms with van der Waals surface area (Å²) in [5.74, 6) is -0.639.